The Labute approximate surface area is 205 Å². The van der Waals surface area contributed by atoms with Gasteiger partial charge in [0.2, 0.25) is 5.91 Å². The van der Waals surface area contributed by atoms with E-state index in [9.17, 15) is 14.7 Å². The molecule has 180 valence electrons. The Morgan fingerprint density at radius 1 is 0.686 bits per heavy atom. The quantitative estimate of drug-likeness (QED) is 0.390. The molecule has 2 fully saturated rings. The lowest BCUT2D eigenvalue weighted by Gasteiger charge is -2.31. The van der Waals surface area contributed by atoms with Gasteiger partial charge in [0.25, 0.3) is 5.91 Å². The maximum absolute atomic E-state index is 12.7. The number of aliphatic hydroxyl groups is 1. The Hall–Kier alpha value is -3.84. The van der Waals surface area contributed by atoms with Crippen molar-refractivity contribution in [2.24, 2.45) is 5.92 Å². The molecule has 7 heteroatoms. The average molecular weight is 471 g/mol. The summed E-state index contributed by atoms with van der Waals surface area (Å²) in [6, 6.07) is 22.7. The first-order valence-corrected chi connectivity index (χ1v) is 12.2. The van der Waals surface area contributed by atoms with Crippen molar-refractivity contribution in [1.29, 1.82) is 0 Å². The number of anilines is 5. The van der Waals surface area contributed by atoms with Gasteiger partial charge in [0.1, 0.15) is 0 Å². The molecule has 1 aliphatic heterocycles. The summed E-state index contributed by atoms with van der Waals surface area (Å²) in [4.78, 5) is 26.8. The number of nitrogens with zero attached hydrogens (tertiary/aromatic N) is 1. The van der Waals surface area contributed by atoms with Crippen molar-refractivity contribution in [3.8, 4) is 0 Å². The maximum atomic E-state index is 12.7. The number of aliphatic hydroxyl groups excluding tert-OH is 1. The van der Waals surface area contributed by atoms with Crippen molar-refractivity contribution >= 4 is 40.3 Å². The number of piperidine rings is 1. The van der Waals surface area contributed by atoms with E-state index in [4.69, 9.17) is 0 Å². The lowest BCUT2D eigenvalue weighted by Crippen LogP contribution is -2.35. The summed E-state index contributed by atoms with van der Waals surface area (Å²) in [5.74, 6) is 0.124. The van der Waals surface area contributed by atoms with Crippen molar-refractivity contribution in [1.82, 2.24) is 0 Å². The normalized spacial score (nSPS) is 16.0. The zero-order chi connectivity index (χ0) is 24.2. The molecule has 2 amide bonds. The highest BCUT2D eigenvalue weighted by molar-refractivity contribution is 6.04. The lowest BCUT2D eigenvalue weighted by atomic mass is 10.1. The monoisotopic (exact) mass is 470 g/mol. The van der Waals surface area contributed by atoms with Crippen molar-refractivity contribution < 1.29 is 14.7 Å². The summed E-state index contributed by atoms with van der Waals surface area (Å²) in [7, 11) is 0. The second kappa shape index (κ2) is 10.2. The van der Waals surface area contributed by atoms with Crippen LogP contribution >= 0.6 is 0 Å². The zero-order valence-corrected chi connectivity index (χ0v) is 19.5. The molecule has 0 unspecified atom stereocenters. The van der Waals surface area contributed by atoms with E-state index in [1.165, 1.54) is 0 Å². The molecule has 0 atom stereocenters. The van der Waals surface area contributed by atoms with Gasteiger partial charge in [-0.3, -0.25) is 9.59 Å². The summed E-state index contributed by atoms with van der Waals surface area (Å²) in [6.45, 7) is 1.66. The SMILES string of the molecule is O=C(Nc1ccc(Nc2ccc(NC(=O)C3CC3)cc2)cc1)c1ccc(N2CCC(O)CC2)cc1. The standard InChI is InChI=1S/C28H30N4O3/c33-26-15-17-32(18-16-26)25-13-3-20(4-14-25)28(35)31-24-11-7-22(8-12-24)29-21-5-9-23(10-6-21)30-27(34)19-1-2-19/h3-14,19,26,29,33H,1-2,15-18H2,(H,30,34)(H,31,35). The van der Waals surface area contributed by atoms with Crippen LogP contribution in [0.1, 0.15) is 36.0 Å². The van der Waals surface area contributed by atoms with Crippen LogP contribution in [0.3, 0.4) is 0 Å². The molecule has 3 aromatic carbocycles. The fourth-order valence-corrected chi connectivity index (χ4v) is 4.18. The van der Waals surface area contributed by atoms with Crippen LogP contribution in [0.5, 0.6) is 0 Å². The summed E-state index contributed by atoms with van der Waals surface area (Å²) >= 11 is 0. The van der Waals surface area contributed by atoms with Crippen LogP contribution in [-0.2, 0) is 4.79 Å². The summed E-state index contributed by atoms with van der Waals surface area (Å²) in [6.07, 6.45) is 3.32. The highest BCUT2D eigenvalue weighted by atomic mass is 16.3. The third-order valence-corrected chi connectivity index (χ3v) is 6.49. The molecule has 7 nitrogen and oxygen atoms in total. The maximum Gasteiger partial charge on any atom is 0.255 e. The van der Waals surface area contributed by atoms with Gasteiger partial charge in [0.15, 0.2) is 0 Å². The zero-order valence-electron chi connectivity index (χ0n) is 19.5. The first-order valence-electron chi connectivity index (χ1n) is 12.2. The van der Waals surface area contributed by atoms with Gasteiger partial charge in [-0.2, -0.15) is 0 Å². The highest BCUT2D eigenvalue weighted by Gasteiger charge is 2.29. The van der Waals surface area contributed by atoms with E-state index < -0.39 is 0 Å². The number of benzene rings is 3. The van der Waals surface area contributed by atoms with Crippen LogP contribution in [0.2, 0.25) is 0 Å². The molecule has 35 heavy (non-hydrogen) atoms. The van der Waals surface area contributed by atoms with Gasteiger partial charge in [0, 0.05) is 53.0 Å². The first-order chi connectivity index (χ1) is 17.0. The van der Waals surface area contributed by atoms with Gasteiger partial charge in [-0.05, 0) is 98.5 Å². The van der Waals surface area contributed by atoms with Crippen LogP contribution in [0.25, 0.3) is 0 Å². The minimum Gasteiger partial charge on any atom is -0.393 e. The number of carbonyl (C=O) groups excluding carboxylic acids is 2. The van der Waals surface area contributed by atoms with Crippen LogP contribution in [-0.4, -0.2) is 36.1 Å². The Morgan fingerprint density at radius 3 is 1.74 bits per heavy atom. The Kier molecular flexibility index (Phi) is 6.68. The predicted octanol–water partition coefficient (Wildman–Crippen LogP) is 4.99. The summed E-state index contributed by atoms with van der Waals surface area (Å²) in [5.41, 5.74) is 4.99. The molecule has 2 aliphatic rings. The van der Waals surface area contributed by atoms with Crippen LogP contribution in [0, 0.1) is 5.92 Å². The van der Waals surface area contributed by atoms with E-state index in [0.717, 1.165) is 61.5 Å². The van der Waals surface area contributed by atoms with Crippen LogP contribution in [0.4, 0.5) is 28.4 Å². The Balaban J connectivity index is 1.13. The Bertz CT molecular complexity index is 1160. The van der Waals surface area contributed by atoms with Gasteiger partial charge in [-0.15, -0.1) is 0 Å². The van der Waals surface area contributed by atoms with Crippen LogP contribution < -0.4 is 20.9 Å². The van der Waals surface area contributed by atoms with Crippen molar-refractivity contribution in [2.75, 3.05) is 33.9 Å². The molecule has 1 aliphatic carbocycles. The molecule has 0 spiro atoms. The first kappa shape index (κ1) is 22.9. The second-order valence-electron chi connectivity index (χ2n) is 9.26. The fraction of sp³-hybridized carbons (Fsp3) is 0.286. The smallest absolute Gasteiger partial charge is 0.255 e. The topological polar surface area (TPSA) is 93.7 Å². The lowest BCUT2D eigenvalue weighted by molar-refractivity contribution is -0.117. The number of hydrogen-bond acceptors (Lipinski definition) is 5. The molecule has 5 rings (SSSR count). The minimum atomic E-state index is -0.204. The average Bonchev–Trinajstić information content (AvgIpc) is 3.73. The molecule has 1 heterocycles. The molecule has 0 bridgehead atoms. The summed E-state index contributed by atoms with van der Waals surface area (Å²) < 4.78 is 0. The van der Waals surface area contributed by atoms with Gasteiger partial charge >= 0.3 is 0 Å². The van der Waals surface area contributed by atoms with Gasteiger partial charge < -0.3 is 26.0 Å². The molecular weight excluding hydrogens is 440 g/mol. The fourth-order valence-electron chi connectivity index (χ4n) is 4.18. The van der Waals surface area contributed by atoms with E-state index in [0.29, 0.717) is 11.3 Å². The van der Waals surface area contributed by atoms with Crippen molar-refractivity contribution in [3.63, 3.8) is 0 Å². The highest BCUT2D eigenvalue weighted by Crippen LogP contribution is 2.30. The number of nitrogens with one attached hydrogen (secondary N) is 3. The molecule has 0 aromatic heterocycles. The van der Waals surface area contributed by atoms with Gasteiger partial charge in [0.05, 0.1) is 6.10 Å². The van der Waals surface area contributed by atoms with Crippen LogP contribution in [0.15, 0.2) is 72.8 Å². The van der Waals surface area contributed by atoms with E-state index in [1.54, 1.807) is 0 Å². The number of rotatable bonds is 7. The third-order valence-electron chi connectivity index (χ3n) is 6.49. The van der Waals surface area contributed by atoms with Crippen molar-refractivity contribution in [3.05, 3.63) is 78.4 Å². The molecule has 1 saturated heterocycles. The number of hydrogen-bond donors (Lipinski definition) is 4. The second-order valence-corrected chi connectivity index (χ2v) is 9.26. The van der Waals surface area contributed by atoms with E-state index in [1.807, 2.05) is 72.8 Å². The largest absolute Gasteiger partial charge is 0.393 e. The molecular formula is C28H30N4O3. The number of carbonyl (C=O) groups is 2. The Morgan fingerprint density at radius 2 is 1.20 bits per heavy atom. The molecule has 1 saturated carbocycles. The van der Waals surface area contributed by atoms with Gasteiger partial charge in [-0.25, -0.2) is 0 Å². The minimum absolute atomic E-state index is 0.0991. The molecule has 3 aromatic rings. The van der Waals surface area contributed by atoms with Gasteiger partial charge in [-0.1, -0.05) is 0 Å². The predicted molar refractivity (Wildman–Crippen MR) is 139 cm³/mol. The van der Waals surface area contributed by atoms with E-state index in [-0.39, 0.29) is 23.8 Å². The molecule has 0 radical (unpaired) electrons. The summed E-state index contributed by atoms with van der Waals surface area (Å²) in [5, 5.41) is 18.9. The molecule has 4 N–H and O–H groups in total. The van der Waals surface area contributed by atoms with E-state index >= 15 is 0 Å². The van der Waals surface area contributed by atoms with Crippen molar-refractivity contribution in [2.45, 2.75) is 31.8 Å². The third kappa shape index (κ3) is 6.00. The number of amides is 2. The van der Waals surface area contributed by atoms with E-state index in [2.05, 4.69) is 20.9 Å².